The van der Waals surface area contributed by atoms with Gasteiger partial charge in [-0.15, -0.1) is 0 Å². The van der Waals surface area contributed by atoms with Gasteiger partial charge in [0.2, 0.25) is 19.9 Å². The molecule has 4 heterocycles. The van der Waals surface area contributed by atoms with Gasteiger partial charge < -0.3 is 53.6 Å². The van der Waals surface area contributed by atoms with Crippen molar-refractivity contribution in [2.75, 3.05) is 13.6 Å². The molecule has 0 amide bonds. The number of ether oxygens (including phenoxy) is 7. The van der Waals surface area contributed by atoms with Gasteiger partial charge in [0.1, 0.15) is 36.4 Å². The van der Waals surface area contributed by atoms with Crippen molar-refractivity contribution < 1.29 is 58.4 Å². The highest BCUT2D eigenvalue weighted by atomic mass is 16.7. The van der Waals surface area contributed by atoms with Gasteiger partial charge in [0, 0.05) is 33.5 Å². The lowest BCUT2D eigenvalue weighted by atomic mass is 9.88. The Morgan fingerprint density at radius 2 is 1.61 bits per heavy atom. The monoisotopic (exact) mass is 526 g/mol. The van der Waals surface area contributed by atoms with Gasteiger partial charge in [-0.2, -0.15) is 0 Å². The number of aliphatic hydroxyl groups excluding tert-OH is 3. The summed E-state index contributed by atoms with van der Waals surface area (Å²) in [6, 6.07) is 6.34. The van der Waals surface area contributed by atoms with E-state index in [1.54, 1.807) is 18.2 Å². The van der Waals surface area contributed by atoms with E-state index in [0.29, 0.717) is 44.9 Å². The average Bonchev–Trinajstić information content (AvgIpc) is 3.65. The number of carbonyl (C=O) groups is 1. The largest absolute Gasteiger partial charge is 0.507 e. The molecule has 0 aromatic heterocycles. The number of carbonyl (C=O) groups excluding carboxylic acids is 1. The predicted molar refractivity (Wildman–Crippen MR) is 125 cm³/mol. The van der Waals surface area contributed by atoms with Crippen LogP contribution < -0.4 is 23.7 Å². The average molecular weight is 526 g/mol. The third-order valence-electron chi connectivity index (χ3n) is 7.21. The van der Waals surface area contributed by atoms with Crippen molar-refractivity contribution >= 4 is 16.7 Å². The second-order valence-electron chi connectivity index (χ2n) is 9.38. The first-order chi connectivity index (χ1) is 18.3. The molecule has 0 saturated carbocycles. The van der Waals surface area contributed by atoms with Gasteiger partial charge in [-0.3, -0.25) is 0 Å². The number of phenolic OH excluding ortho intramolecular Hbond substituents is 1. The minimum absolute atomic E-state index is 0.0130. The molecule has 3 aromatic rings. The summed E-state index contributed by atoms with van der Waals surface area (Å²) >= 11 is 0. The Hall–Kier alpha value is -3.97. The predicted octanol–water partition coefficient (Wildman–Crippen LogP) is 1.55. The van der Waals surface area contributed by atoms with Crippen LogP contribution in [0.5, 0.6) is 34.5 Å². The van der Waals surface area contributed by atoms with Crippen molar-refractivity contribution in [2.45, 2.75) is 44.2 Å². The maximum atomic E-state index is 13.2. The summed E-state index contributed by atoms with van der Waals surface area (Å²) < 4.78 is 39.5. The van der Waals surface area contributed by atoms with Crippen LogP contribution >= 0.6 is 0 Å². The van der Waals surface area contributed by atoms with E-state index in [2.05, 4.69) is 0 Å². The summed E-state index contributed by atoms with van der Waals surface area (Å²) in [7, 11) is 0. The van der Waals surface area contributed by atoms with Crippen LogP contribution in [0.25, 0.3) is 21.9 Å². The fourth-order valence-corrected chi connectivity index (χ4v) is 5.30. The van der Waals surface area contributed by atoms with Crippen LogP contribution in [0, 0.1) is 0 Å². The van der Waals surface area contributed by atoms with Crippen molar-refractivity contribution in [3.8, 4) is 45.6 Å². The Morgan fingerprint density at radius 3 is 2.42 bits per heavy atom. The second kappa shape index (κ2) is 8.27. The standard InChI is InChI=1S/C26H22O12/c1-9-20(28)21(29)22(30)26(37-9)38-23-10-2-3-14-24(36-8-33-14)18(10)17(19-12(23)6-32-25(19)31)11-4-15-16(5-13(11)27)35-7-34-15/h2-5,9,20-22,26-30H,6-8H2,1H3/t9-,20-,21+,22+,26-/m1/s1. The molecular weight excluding hydrogens is 504 g/mol. The number of benzene rings is 3. The van der Waals surface area contributed by atoms with E-state index >= 15 is 0 Å². The zero-order valence-corrected chi connectivity index (χ0v) is 19.9. The van der Waals surface area contributed by atoms with Crippen molar-refractivity contribution in [1.82, 2.24) is 0 Å². The molecule has 5 atom stereocenters. The summed E-state index contributed by atoms with van der Waals surface area (Å²) in [6.45, 7) is 1.30. The highest BCUT2D eigenvalue weighted by Crippen LogP contribution is 2.54. The molecule has 0 bridgehead atoms. The summed E-state index contributed by atoms with van der Waals surface area (Å²) in [5, 5.41) is 42.9. The van der Waals surface area contributed by atoms with Crippen molar-refractivity contribution in [1.29, 1.82) is 0 Å². The first kappa shape index (κ1) is 23.2. The first-order valence-electron chi connectivity index (χ1n) is 11.9. The van der Waals surface area contributed by atoms with Crippen molar-refractivity contribution in [3.63, 3.8) is 0 Å². The number of hydrogen-bond acceptors (Lipinski definition) is 12. The summed E-state index contributed by atoms with van der Waals surface area (Å²) in [5.74, 6) is 0.800. The molecule has 12 nitrogen and oxygen atoms in total. The minimum Gasteiger partial charge on any atom is -0.507 e. The van der Waals surface area contributed by atoms with Crippen molar-refractivity contribution in [3.05, 3.63) is 35.4 Å². The minimum atomic E-state index is -1.59. The van der Waals surface area contributed by atoms with Gasteiger partial charge >= 0.3 is 5.97 Å². The maximum absolute atomic E-state index is 13.2. The summed E-state index contributed by atoms with van der Waals surface area (Å²) in [6.07, 6.45) is -6.64. The second-order valence-corrected chi connectivity index (χ2v) is 9.38. The van der Waals surface area contributed by atoms with Gasteiger partial charge in [-0.05, 0) is 25.1 Å². The number of esters is 1. The zero-order chi connectivity index (χ0) is 26.3. The molecule has 4 N–H and O–H groups in total. The van der Waals surface area contributed by atoms with Crippen LogP contribution in [-0.2, 0) is 16.1 Å². The summed E-state index contributed by atoms with van der Waals surface area (Å²) in [4.78, 5) is 13.2. The molecule has 198 valence electrons. The Bertz CT molecular complexity index is 1500. The molecular formula is C26H22O12. The van der Waals surface area contributed by atoms with Gasteiger partial charge in [-0.25, -0.2) is 4.79 Å². The maximum Gasteiger partial charge on any atom is 0.339 e. The molecule has 4 aliphatic heterocycles. The van der Waals surface area contributed by atoms with Crippen LogP contribution in [0.4, 0.5) is 0 Å². The fourth-order valence-electron chi connectivity index (χ4n) is 5.30. The van der Waals surface area contributed by atoms with E-state index in [1.165, 1.54) is 13.0 Å². The Balaban J connectivity index is 1.50. The lowest BCUT2D eigenvalue weighted by Gasteiger charge is -2.39. The Kier molecular flexibility index (Phi) is 5.04. The number of aliphatic hydroxyl groups is 3. The molecule has 3 aromatic carbocycles. The van der Waals surface area contributed by atoms with Crippen LogP contribution in [0.2, 0.25) is 0 Å². The van der Waals surface area contributed by atoms with Crippen LogP contribution in [0.15, 0.2) is 24.3 Å². The molecule has 7 rings (SSSR count). The molecule has 12 heteroatoms. The highest BCUT2D eigenvalue weighted by Gasteiger charge is 2.45. The Morgan fingerprint density at radius 1 is 0.868 bits per heavy atom. The third kappa shape index (κ3) is 3.21. The van der Waals surface area contributed by atoms with Crippen LogP contribution in [0.1, 0.15) is 22.8 Å². The van der Waals surface area contributed by atoms with Gasteiger partial charge in [0.15, 0.2) is 23.0 Å². The number of fused-ring (bicyclic) bond motifs is 5. The third-order valence-corrected chi connectivity index (χ3v) is 7.21. The van der Waals surface area contributed by atoms with E-state index in [1.807, 2.05) is 0 Å². The highest BCUT2D eigenvalue weighted by molar-refractivity contribution is 6.16. The van der Waals surface area contributed by atoms with E-state index < -0.39 is 36.7 Å². The normalized spacial score (nSPS) is 26.9. The quantitative estimate of drug-likeness (QED) is 0.365. The molecule has 4 aliphatic rings. The summed E-state index contributed by atoms with van der Waals surface area (Å²) in [5.41, 5.74) is 1.05. The first-order valence-corrected chi connectivity index (χ1v) is 11.9. The van der Waals surface area contributed by atoms with E-state index in [9.17, 15) is 25.2 Å². The SMILES string of the molecule is C[C@H]1O[C@H](Oc2c3c(c(-c4cc5c(cc4O)OCO5)c4c5c(ccc24)OCO5)C(=O)OC3)[C@@H](O)[C@@H](O)[C@@H]1O. The van der Waals surface area contributed by atoms with Gasteiger partial charge in [-0.1, -0.05) is 0 Å². The van der Waals surface area contributed by atoms with E-state index in [0.717, 1.165) is 0 Å². The topological polar surface area (TPSA) is 163 Å². The number of aromatic hydroxyl groups is 1. The smallest absolute Gasteiger partial charge is 0.339 e. The molecule has 0 radical (unpaired) electrons. The molecule has 1 fully saturated rings. The fraction of sp³-hybridized carbons (Fsp3) is 0.346. The van der Waals surface area contributed by atoms with Crippen LogP contribution in [0.3, 0.4) is 0 Å². The number of cyclic esters (lactones) is 1. The number of rotatable bonds is 3. The zero-order valence-electron chi connectivity index (χ0n) is 19.9. The molecule has 0 aliphatic carbocycles. The van der Waals surface area contributed by atoms with E-state index in [4.69, 9.17) is 33.2 Å². The van der Waals surface area contributed by atoms with Gasteiger partial charge in [0.25, 0.3) is 0 Å². The van der Waals surface area contributed by atoms with E-state index in [-0.39, 0.29) is 42.8 Å². The molecule has 1 saturated heterocycles. The molecule has 0 unspecified atom stereocenters. The van der Waals surface area contributed by atoms with Crippen LogP contribution in [-0.4, -0.2) is 70.7 Å². The lowest BCUT2D eigenvalue weighted by Crippen LogP contribution is -2.58. The Labute approximate surface area is 214 Å². The number of phenols is 1. The van der Waals surface area contributed by atoms with Crippen molar-refractivity contribution in [2.24, 2.45) is 0 Å². The molecule has 38 heavy (non-hydrogen) atoms. The lowest BCUT2D eigenvalue weighted by molar-refractivity contribution is -0.268. The molecule has 0 spiro atoms. The number of hydrogen-bond donors (Lipinski definition) is 4. The van der Waals surface area contributed by atoms with Gasteiger partial charge in [0.05, 0.1) is 11.7 Å².